The lowest BCUT2D eigenvalue weighted by atomic mass is 10.2. The van der Waals surface area contributed by atoms with E-state index in [2.05, 4.69) is 30.9 Å². The molecule has 122 valence electrons. The van der Waals surface area contributed by atoms with Crippen molar-refractivity contribution in [1.82, 2.24) is 20.7 Å². The summed E-state index contributed by atoms with van der Waals surface area (Å²) < 4.78 is 4.96. The van der Waals surface area contributed by atoms with E-state index in [9.17, 15) is 4.79 Å². The van der Waals surface area contributed by atoms with E-state index in [0.717, 1.165) is 37.4 Å². The van der Waals surface area contributed by atoms with Crippen molar-refractivity contribution in [2.45, 2.75) is 25.8 Å². The molecule has 8 heteroatoms. The molecule has 0 unspecified atom stereocenters. The average Bonchev–Trinajstić information content (AvgIpc) is 3.17. The summed E-state index contributed by atoms with van der Waals surface area (Å²) >= 11 is 0. The third-order valence-electron chi connectivity index (χ3n) is 3.79. The van der Waals surface area contributed by atoms with E-state index < -0.39 is 0 Å². The number of aryl methyl sites for hydroxylation is 1. The lowest BCUT2D eigenvalue weighted by molar-refractivity contribution is -0.115. The minimum absolute atomic E-state index is 0.148. The Balaban J connectivity index is 1.45. The van der Waals surface area contributed by atoms with Gasteiger partial charge in [0.05, 0.1) is 12.2 Å². The Bertz CT molecular complexity index is 644. The molecule has 2 aromatic rings. The van der Waals surface area contributed by atoms with Crippen LogP contribution in [0.3, 0.4) is 0 Å². The number of hydrogen-bond acceptors (Lipinski definition) is 7. The normalized spacial score (nSPS) is 17.4. The highest BCUT2D eigenvalue weighted by molar-refractivity contribution is 5.90. The SMILES string of the molecule is Cc1cc(NC(=O)CNC[C@@H]2CCCN2c2cccnn2)on1. The fraction of sp³-hybridized carbons (Fsp3) is 0.467. The number of nitrogens with one attached hydrogen (secondary N) is 2. The van der Waals surface area contributed by atoms with Crippen LogP contribution in [0.1, 0.15) is 18.5 Å². The van der Waals surface area contributed by atoms with Crippen molar-refractivity contribution in [3.8, 4) is 0 Å². The molecule has 1 amide bonds. The summed E-state index contributed by atoms with van der Waals surface area (Å²) in [5.74, 6) is 1.11. The number of amides is 1. The zero-order valence-corrected chi connectivity index (χ0v) is 13.0. The molecule has 0 aliphatic carbocycles. The fourth-order valence-corrected chi connectivity index (χ4v) is 2.75. The van der Waals surface area contributed by atoms with Crippen molar-refractivity contribution in [3.63, 3.8) is 0 Å². The first kappa shape index (κ1) is 15.4. The molecule has 1 aliphatic rings. The monoisotopic (exact) mass is 316 g/mol. The Morgan fingerprint density at radius 1 is 1.52 bits per heavy atom. The highest BCUT2D eigenvalue weighted by Gasteiger charge is 2.25. The molecule has 0 saturated carbocycles. The molecule has 3 heterocycles. The highest BCUT2D eigenvalue weighted by atomic mass is 16.5. The van der Waals surface area contributed by atoms with Crippen LogP contribution in [0.15, 0.2) is 28.9 Å². The van der Waals surface area contributed by atoms with Crippen molar-refractivity contribution in [3.05, 3.63) is 30.1 Å². The van der Waals surface area contributed by atoms with Gasteiger partial charge in [-0.15, -0.1) is 5.10 Å². The second-order valence-corrected chi connectivity index (χ2v) is 5.58. The minimum Gasteiger partial charge on any atom is -0.351 e. The van der Waals surface area contributed by atoms with Gasteiger partial charge in [0.15, 0.2) is 5.82 Å². The van der Waals surface area contributed by atoms with E-state index >= 15 is 0 Å². The van der Waals surface area contributed by atoms with E-state index in [1.807, 2.05) is 12.1 Å². The zero-order chi connectivity index (χ0) is 16.1. The highest BCUT2D eigenvalue weighted by Crippen LogP contribution is 2.22. The smallest absolute Gasteiger partial charge is 0.240 e. The van der Waals surface area contributed by atoms with E-state index in [0.29, 0.717) is 11.9 Å². The zero-order valence-electron chi connectivity index (χ0n) is 13.0. The molecule has 2 aromatic heterocycles. The summed E-state index contributed by atoms with van der Waals surface area (Å²) in [4.78, 5) is 14.1. The minimum atomic E-state index is -0.148. The molecule has 1 atom stereocenters. The third-order valence-corrected chi connectivity index (χ3v) is 3.79. The lowest BCUT2D eigenvalue weighted by Crippen LogP contribution is -2.41. The van der Waals surface area contributed by atoms with Gasteiger partial charge in [-0.2, -0.15) is 5.10 Å². The van der Waals surface area contributed by atoms with Crippen molar-refractivity contribution < 1.29 is 9.32 Å². The lowest BCUT2D eigenvalue weighted by Gasteiger charge is -2.25. The summed E-state index contributed by atoms with van der Waals surface area (Å²) in [6, 6.07) is 5.86. The Hall–Kier alpha value is -2.48. The number of carbonyl (C=O) groups excluding carboxylic acids is 1. The van der Waals surface area contributed by atoms with E-state index in [4.69, 9.17) is 4.52 Å². The molecule has 2 N–H and O–H groups in total. The molecule has 1 fully saturated rings. The van der Waals surface area contributed by atoms with Crippen molar-refractivity contribution in [2.75, 3.05) is 29.9 Å². The van der Waals surface area contributed by atoms with Crippen LogP contribution in [-0.4, -0.2) is 46.9 Å². The van der Waals surface area contributed by atoms with Crippen molar-refractivity contribution in [1.29, 1.82) is 0 Å². The van der Waals surface area contributed by atoms with Gasteiger partial charge < -0.3 is 14.7 Å². The number of anilines is 2. The van der Waals surface area contributed by atoms with Crippen LogP contribution < -0.4 is 15.5 Å². The Morgan fingerprint density at radius 2 is 2.43 bits per heavy atom. The number of nitrogens with zero attached hydrogens (tertiary/aromatic N) is 4. The molecular weight excluding hydrogens is 296 g/mol. The second-order valence-electron chi connectivity index (χ2n) is 5.58. The van der Waals surface area contributed by atoms with Crippen LogP contribution in [0.25, 0.3) is 0 Å². The molecule has 23 heavy (non-hydrogen) atoms. The van der Waals surface area contributed by atoms with Crippen molar-refractivity contribution >= 4 is 17.6 Å². The van der Waals surface area contributed by atoms with E-state index in [1.165, 1.54) is 0 Å². The van der Waals surface area contributed by atoms with Gasteiger partial charge in [-0.25, -0.2) is 0 Å². The van der Waals surface area contributed by atoms with Gasteiger partial charge in [-0.1, -0.05) is 5.16 Å². The van der Waals surface area contributed by atoms with Gasteiger partial charge in [0.1, 0.15) is 0 Å². The topological polar surface area (TPSA) is 96.2 Å². The molecule has 0 radical (unpaired) electrons. The number of carbonyl (C=O) groups is 1. The van der Waals surface area contributed by atoms with Gasteiger partial charge in [0.25, 0.3) is 0 Å². The molecule has 1 saturated heterocycles. The quantitative estimate of drug-likeness (QED) is 0.819. The van der Waals surface area contributed by atoms with Crippen LogP contribution in [-0.2, 0) is 4.79 Å². The molecular formula is C15H20N6O2. The fourth-order valence-electron chi connectivity index (χ4n) is 2.75. The summed E-state index contributed by atoms with van der Waals surface area (Å²) in [7, 11) is 0. The molecule has 1 aliphatic heterocycles. The third kappa shape index (κ3) is 4.04. The Kier molecular flexibility index (Phi) is 4.82. The van der Waals surface area contributed by atoms with Crippen LogP contribution in [0, 0.1) is 6.92 Å². The molecule has 8 nitrogen and oxygen atoms in total. The maximum atomic E-state index is 11.8. The van der Waals surface area contributed by atoms with Gasteiger partial charge in [-0.3, -0.25) is 10.1 Å². The van der Waals surface area contributed by atoms with E-state index in [1.54, 1.807) is 19.2 Å². The van der Waals surface area contributed by atoms with Gasteiger partial charge in [0, 0.05) is 31.4 Å². The van der Waals surface area contributed by atoms with Crippen LogP contribution in [0.2, 0.25) is 0 Å². The first-order chi connectivity index (χ1) is 11.2. The summed E-state index contributed by atoms with van der Waals surface area (Å²) in [5, 5.41) is 17.7. The first-order valence-electron chi connectivity index (χ1n) is 7.70. The standard InChI is InChI=1S/C15H20N6O2/c1-11-8-15(23-20-11)18-14(22)10-16-9-12-4-3-7-21(12)13-5-2-6-17-19-13/h2,5-6,8,12,16H,3-4,7,9-10H2,1H3,(H,18,22)/t12-/m0/s1. The average molecular weight is 316 g/mol. The van der Waals surface area contributed by atoms with Gasteiger partial charge in [0.2, 0.25) is 11.8 Å². The number of rotatable bonds is 6. The van der Waals surface area contributed by atoms with E-state index in [-0.39, 0.29) is 12.5 Å². The molecule has 0 spiro atoms. The Labute approximate surface area is 134 Å². The number of hydrogen-bond donors (Lipinski definition) is 2. The van der Waals surface area contributed by atoms with Crippen LogP contribution in [0.4, 0.5) is 11.7 Å². The number of aromatic nitrogens is 3. The molecule has 3 rings (SSSR count). The van der Waals surface area contributed by atoms with Crippen LogP contribution in [0.5, 0.6) is 0 Å². The summed E-state index contributed by atoms with van der Waals surface area (Å²) in [6.45, 7) is 3.72. The Morgan fingerprint density at radius 3 is 3.17 bits per heavy atom. The molecule has 0 bridgehead atoms. The van der Waals surface area contributed by atoms with Gasteiger partial charge >= 0.3 is 0 Å². The predicted molar refractivity (Wildman–Crippen MR) is 85.1 cm³/mol. The van der Waals surface area contributed by atoms with Crippen molar-refractivity contribution in [2.24, 2.45) is 0 Å². The maximum absolute atomic E-state index is 11.8. The predicted octanol–water partition coefficient (Wildman–Crippen LogP) is 0.970. The molecule has 0 aromatic carbocycles. The maximum Gasteiger partial charge on any atom is 0.240 e. The summed E-state index contributed by atoms with van der Waals surface area (Å²) in [6.07, 6.45) is 3.86. The summed E-state index contributed by atoms with van der Waals surface area (Å²) in [5.41, 5.74) is 0.735. The van der Waals surface area contributed by atoms with Gasteiger partial charge in [-0.05, 0) is 31.9 Å². The second kappa shape index (κ2) is 7.19. The first-order valence-corrected chi connectivity index (χ1v) is 7.70. The largest absolute Gasteiger partial charge is 0.351 e. The van der Waals surface area contributed by atoms with Crippen LogP contribution >= 0.6 is 0 Å².